The molecule has 2 saturated heterocycles. The van der Waals surface area contributed by atoms with Crippen LogP contribution in [-0.2, 0) is 0 Å². The summed E-state index contributed by atoms with van der Waals surface area (Å²) in [6.07, 6.45) is 7.24. The van der Waals surface area contributed by atoms with Crippen LogP contribution in [0.25, 0.3) is 0 Å². The summed E-state index contributed by atoms with van der Waals surface area (Å²) < 4.78 is 0. The Balaban J connectivity index is 1.58. The first-order chi connectivity index (χ1) is 10.2. The first-order valence-corrected chi connectivity index (χ1v) is 8.42. The van der Waals surface area contributed by atoms with E-state index in [1.165, 1.54) is 50.9 Å². The molecule has 0 amide bonds. The van der Waals surface area contributed by atoms with E-state index in [-0.39, 0.29) is 6.04 Å². The van der Waals surface area contributed by atoms with Crippen molar-refractivity contribution in [1.82, 2.24) is 9.88 Å². The van der Waals surface area contributed by atoms with Crippen molar-refractivity contribution in [3.05, 3.63) is 23.9 Å². The molecule has 1 aromatic heterocycles. The van der Waals surface area contributed by atoms with E-state index in [9.17, 15) is 0 Å². The van der Waals surface area contributed by atoms with Crippen molar-refractivity contribution in [3.63, 3.8) is 0 Å². The summed E-state index contributed by atoms with van der Waals surface area (Å²) in [4.78, 5) is 9.66. The lowest BCUT2D eigenvalue weighted by atomic mass is 9.95. The van der Waals surface area contributed by atoms with E-state index >= 15 is 0 Å². The molecule has 1 aromatic rings. The number of pyridine rings is 1. The summed E-state index contributed by atoms with van der Waals surface area (Å²) in [6.45, 7) is 8.21. The van der Waals surface area contributed by atoms with Gasteiger partial charge in [-0.2, -0.15) is 0 Å². The molecule has 0 radical (unpaired) electrons. The van der Waals surface area contributed by atoms with Crippen LogP contribution < -0.4 is 10.6 Å². The zero-order valence-electron chi connectivity index (χ0n) is 13.2. The molecule has 0 aromatic carbocycles. The van der Waals surface area contributed by atoms with Crippen LogP contribution in [0, 0.1) is 5.92 Å². The first-order valence-electron chi connectivity index (χ1n) is 8.42. The van der Waals surface area contributed by atoms with E-state index < -0.39 is 0 Å². The van der Waals surface area contributed by atoms with Gasteiger partial charge in [0.25, 0.3) is 0 Å². The van der Waals surface area contributed by atoms with Gasteiger partial charge in [0.2, 0.25) is 0 Å². The van der Waals surface area contributed by atoms with Gasteiger partial charge in [0.15, 0.2) is 0 Å². The summed E-state index contributed by atoms with van der Waals surface area (Å²) in [5, 5.41) is 0. The highest BCUT2D eigenvalue weighted by Crippen LogP contribution is 2.28. The second-order valence-electron chi connectivity index (χ2n) is 6.64. The Bertz CT molecular complexity index is 446. The van der Waals surface area contributed by atoms with Crippen LogP contribution in [0.15, 0.2) is 18.3 Å². The maximum absolute atomic E-state index is 6.08. The first kappa shape index (κ1) is 14.8. The van der Waals surface area contributed by atoms with E-state index in [1.54, 1.807) is 0 Å². The van der Waals surface area contributed by atoms with Gasteiger partial charge in [-0.25, -0.2) is 4.98 Å². The molecule has 2 fully saturated rings. The van der Waals surface area contributed by atoms with Gasteiger partial charge in [-0.15, -0.1) is 0 Å². The molecule has 0 saturated carbocycles. The molecule has 0 bridgehead atoms. The maximum Gasteiger partial charge on any atom is 0.133 e. The average Bonchev–Trinajstić information content (AvgIpc) is 3.01. The summed E-state index contributed by atoms with van der Waals surface area (Å²) in [7, 11) is 0. The predicted molar refractivity (Wildman–Crippen MR) is 87.5 cm³/mol. The highest BCUT2D eigenvalue weighted by atomic mass is 15.2. The van der Waals surface area contributed by atoms with Crippen molar-refractivity contribution in [3.8, 4) is 0 Å². The summed E-state index contributed by atoms with van der Waals surface area (Å²) in [6, 6.07) is 4.15. The fraction of sp³-hybridized carbons (Fsp3) is 0.706. The monoisotopic (exact) mass is 288 g/mol. The van der Waals surface area contributed by atoms with Crippen LogP contribution in [0.3, 0.4) is 0 Å². The summed E-state index contributed by atoms with van der Waals surface area (Å²) in [5.74, 6) is 1.97. The third-order valence-electron chi connectivity index (χ3n) is 4.94. The third kappa shape index (κ3) is 3.55. The molecule has 2 aliphatic rings. The molecule has 3 rings (SSSR count). The van der Waals surface area contributed by atoms with Gasteiger partial charge in [0.1, 0.15) is 5.82 Å². The number of nitrogens with two attached hydrogens (primary N) is 1. The van der Waals surface area contributed by atoms with Crippen molar-refractivity contribution >= 4 is 5.82 Å². The minimum Gasteiger partial charge on any atom is -0.356 e. The van der Waals surface area contributed by atoms with Gasteiger partial charge >= 0.3 is 0 Å². The maximum atomic E-state index is 6.08. The predicted octanol–water partition coefficient (Wildman–Crippen LogP) is 2.41. The molecule has 2 aliphatic heterocycles. The topological polar surface area (TPSA) is 45.4 Å². The Labute approximate surface area is 128 Å². The van der Waals surface area contributed by atoms with Crippen LogP contribution in [0.5, 0.6) is 0 Å². The number of piperidine rings is 1. The van der Waals surface area contributed by atoms with Crippen molar-refractivity contribution in [2.24, 2.45) is 11.7 Å². The van der Waals surface area contributed by atoms with Gasteiger partial charge in [-0.05, 0) is 57.7 Å². The quantitative estimate of drug-likeness (QED) is 0.924. The van der Waals surface area contributed by atoms with Crippen LogP contribution in [0.4, 0.5) is 5.82 Å². The van der Waals surface area contributed by atoms with Gasteiger partial charge in [-0.1, -0.05) is 6.07 Å². The minimum absolute atomic E-state index is 0.0519. The largest absolute Gasteiger partial charge is 0.356 e. The normalized spacial score (nSPS) is 22.7. The number of anilines is 1. The molecule has 4 nitrogen and oxygen atoms in total. The zero-order chi connectivity index (χ0) is 14.7. The molecule has 2 N–H and O–H groups in total. The molecular weight excluding hydrogens is 260 g/mol. The molecule has 3 heterocycles. The molecule has 116 valence electrons. The average molecular weight is 288 g/mol. The van der Waals surface area contributed by atoms with Gasteiger partial charge in [0.05, 0.1) is 0 Å². The molecular formula is C17H28N4. The number of hydrogen-bond donors (Lipinski definition) is 1. The fourth-order valence-electron chi connectivity index (χ4n) is 3.69. The number of aromatic nitrogens is 1. The number of nitrogens with zero attached hydrogens (tertiary/aromatic N) is 3. The SMILES string of the molecule is C[C@@H](N)c1cccnc1N1CCC(CN2CCCC2)CC1. The van der Waals surface area contributed by atoms with Crippen molar-refractivity contribution in [2.45, 2.75) is 38.6 Å². The van der Waals surface area contributed by atoms with Gasteiger partial charge in [0, 0.05) is 37.4 Å². The highest BCUT2D eigenvalue weighted by molar-refractivity contribution is 5.48. The Morgan fingerprint density at radius 3 is 2.62 bits per heavy atom. The van der Waals surface area contributed by atoms with E-state index in [0.717, 1.165) is 24.8 Å². The zero-order valence-corrected chi connectivity index (χ0v) is 13.2. The lowest BCUT2D eigenvalue weighted by Crippen LogP contribution is -2.39. The second-order valence-corrected chi connectivity index (χ2v) is 6.64. The molecule has 1 atom stereocenters. The Kier molecular flexibility index (Phi) is 4.76. The van der Waals surface area contributed by atoms with Crippen molar-refractivity contribution in [2.75, 3.05) is 37.6 Å². The lowest BCUT2D eigenvalue weighted by Gasteiger charge is -2.35. The van der Waals surface area contributed by atoms with Crippen LogP contribution in [-0.4, -0.2) is 42.6 Å². The van der Waals surface area contributed by atoms with Crippen LogP contribution >= 0.6 is 0 Å². The van der Waals surface area contributed by atoms with Gasteiger partial charge < -0.3 is 15.5 Å². The summed E-state index contributed by atoms with van der Waals surface area (Å²) in [5.41, 5.74) is 7.26. The van der Waals surface area contributed by atoms with E-state index in [2.05, 4.69) is 20.9 Å². The minimum atomic E-state index is 0.0519. The molecule has 21 heavy (non-hydrogen) atoms. The van der Waals surface area contributed by atoms with Crippen LogP contribution in [0.1, 0.15) is 44.2 Å². The van der Waals surface area contributed by atoms with E-state index in [4.69, 9.17) is 5.73 Å². The summed E-state index contributed by atoms with van der Waals surface area (Å²) >= 11 is 0. The Morgan fingerprint density at radius 1 is 1.24 bits per heavy atom. The smallest absolute Gasteiger partial charge is 0.133 e. The molecule has 0 spiro atoms. The Hall–Kier alpha value is -1.13. The fourth-order valence-corrected chi connectivity index (χ4v) is 3.69. The van der Waals surface area contributed by atoms with E-state index in [0.29, 0.717) is 0 Å². The standard InChI is InChI=1S/C17H28N4/c1-14(18)16-5-4-8-19-17(16)21-11-6-15(7-12-21)13-20-9-2-3-10-20/h4-5,8,14-15H,2-3,6-7,9-13,18H2,1H3/t14-/m1/s1. The third-order valence-corrected chi connectivity index (χ3v) is 4.94. The molecule has 0 unspecified atom stereocenters. The second kappa shape index (κ2) is 6.75. The Morgan fingerprint density at radius 2 is 1.95 bits per heavy atom. The highest BCUT2D eigenvalue weighted by Gasteiger charge is 2.24. The van der Waals surface area contributed by atoms with Crippen molar-refractivity contribution in [1.29, 1.82) is 0 Å². The number of rotatable bonds is 4. The van der Waals surface area contributed by atoms with Gasteiger partial charge in [-0.3, -0.25) is 0 Å². The van der Waals surface area contributed by atoms with E-state index in [1.807, 2.05) is 19.2 Å². The number of hydrogen-bond acceptors (Lipinski definition) is 4. The molecule has 0 aliphatic carbocycles. The lowest BCUT2D eigenvalue weighted by molar-refractivity contribution is 0.249. The van der Waals surface area contributed by atoms with Crippen molar-refractivity contribution < 1.29 is 0 Å². The molecule has 4 heteroatoms. The number of likely N-dealkylation sites (tertiary alicyclic amines) is 1. The van der Waals surface area contributed by atoms with Crippen LogP contribution in [0.2, 0.25) is 0 Å².